The maximum atomic E-state index is 5.87. The van der Waals surface area contributed by atoms with Gasteiger partial charge >= 0.3 is 0 Å². The summed E-state index contributed by atoms with van der Waals surface area (Å²) in [6, 6.07) is 0.718. The number of fused-ring (bicyclic) bond motifs is 2. The molecule has 2 rings (SSSR count). The average molecular weight is 121 g/mol. The zero-order chi connectivity index (χ0) is 6.43. The molecular weight excluding hydrogens is 109 g/mol. The highest BCUT2D eigenvalue weighted by atomic mass is 15.2. The van der Waals surface area contributed by atoms with Gasteiger partial charge < -0.3 is 4.90 Å². The molecule has 2 aliphatic rings. The van der Waals surface area contributed by atoms with Crippen molar-refractivity contribution in [2.45, 2.75) is 24.7 Å². The van der Waals surface area contributed by atoms with E-state index in [1.54, 1.807) is 0 Å². The van der Waals surface area contributed by atoms with Crippen LogP contribution in [0.4, 0.5) is 0 Å². The second-order valence-corrected chi connectivity index (χ2v) is 3.51. The van der Waals surface area contributed by atoms with Gasteiger partial charge in [0.15, 0.2) is 0 Å². The number of piperidine rings is 1. The maximum Gasteiger partial charge on any atom is 0.0720 e. The first-order chi connectivity index (χ1) is 4.27. The van der Waals surface area contributed by atoms with Crippen LogP contribution in [0.2, 0.25) is 5.82 Å². The van der Waals surface area contributed by atoms with E-state index in [9.17, 15) is 0 Å². The van der Waals surface area contributed by atoms with Gasteiger partial charge in [-0.25, -0.2) is 0 Å². The third kappa shape index (κ3) is 0.726. The molecule has 1 saturated carbocycles. The van der Waals surface area contributed by atoms with Crippen molar-refractivity contribution in [2.24, 2.45) is 5.92 Å². The van der Waals surface area contributed by atoms with Crippen molar-refractivity contribution in [2.75, 3.05) is 13.6 Å². The van der Waals surface area contributed by atoms with Crippen LogP contribution in [-0.4, -0.2) is 32.4 Å². The standard InChI is InChI=1S/C7H12BN/c1-9-4-5-2-6(8)7(9)3-5/h5-7H,2-4H2,1H3. The minimum atomic E-state index is 0.480. The first-order valence-electron chi connectivity index (χ1n) is 3.73. The molecule has 1 aliphatic heterocycles. The molecule has 2 fully saturated rings. The quantitative estimate of drug-likeness (QED) is 0.425. The Kier molecular flexibility index (Phi) is 1.13. The summed E-state index contributed by atoms with van der Waals surface area (Å²) in [7, 11) is 8.05. The van der Waals surface area contributed by atoms with E-state index in [2.05, 4.69) is 11.9 Å². The molecule has 0 spiro atoms. The summed E-state index contributed by atoms with van der Waals surface area (Å²) in [4.78, 5) is 2.40. The predicted octanol–water partition coefficient (Wildman–Crippen LogP) is 0.667. The minimum absolute atomic E-state index is 0.480. The molecule has 2 bridgehead atoms. The summed E-state index contributed by atoms with van der Waals surface area (Å²) in [5.41, 5.74) is 0. The molecule has 48 valence electrons. The van der Waals surface area contributed by atoms with Crippen molar-refractivity contribution >= 4 is 7.85 Å². The second-order valence-electron chi connectivity index (χ2n) is 3.51. The molecular formula is C7H12BN. The largest absolute Gasteiger partial charge is 0.304 e. The van der Waals surface area contributed by atoms with Crippen LogP contribution in [0.3, 0.4) is 0 Å². The highest BCUT2D eigenvalue weighted by molar-refractivity contribution is 6.12. The Balaban J connectivity index is 2.13. The molecule has 0 amide bonds. The molecule has 2 heteroatoms. The first kappa shape index (κ1) is 5.78. The van der Waals surface area contributed by atoms with Gasteiger partial charge in [-0.15, -0.1) is 0 Å². The van der Waals surface area contributed by atoms with Crippen molar-refractivity contribution in [3.63, 3.8) is 0 Å². The number of hydrogen-bond donors (Lipinski definition) is 0. The second kappa shape index (κ2) is 1.75. The molecule has 0 aromatic carbocycles. The normalized spacial score (nSPS) is 50.6. The van der Waals surface area contributed by atoms with E-state index in [-0.39, 0.29) is 0 Å². The van der Waals surface area contributed by atoms with E-state index in [1.807, 2.05) is 0 Å². The third-order valence-corrected chi connectivity index (χ3v) is 2.79. The van der Waals surface area contributed by atoms with Gasteiger partial charge in [-0.05, 0) is 19.4 Å². The van der Waals surface area contributed by atoms with Gasteiger partial charge in [-0.2, -0.15) is 0 Å². The van der Waals surface area contributed by atoms with Crippen molar-refractivity contribution < 1.29 is 0 Å². The van der Waals surface area contributed by atoms with E-state index in [0.717, 1.165) is 12.0 Å². The lowest BCUT2D eigenvalue weighted by Crippen LogP contribution is -2.31. The van der Waals surface area contributed by atoms with Gasteiger partial charge in [-0.3, -0.25) is 0 Å². The summed E-state index contributed by atoms with van der Waals surface area (Å²) in [5, 5.41) is 0. The van der Waals surface area contributed by atoms with Crippen molar-refractivity contribution in [1.82, 2.24) is 4.90 Å². The van der Waals surface area contributed by atoms with Crippen LogP contribution >= 0.6 is 0 Å². The predicted molar refractivity (Wildman–Crippen MR) is 38.6 cm³/mol. The highest BCUT2D eigenvalue weighted by Crippen LogP contribution is 2.42. The maximum absolute atomic E-state index is 5.87. The molecule has 0 aromatic heterocycles. The smallest absolute Gasteiger partial charge is 0.0720 e. The van der Waals surface area contributed by atoms with Gasteiger partial charge in [0, 0.05) is 12.6 Å². The molecule has 1 heterocycles. The number of likely N-dealkylation sites (tertiary alicyclic amines) is 1. The van der Waals surface area contributed by atoms with Crippen LogP contribution in [0.25, 0.3) is 0 Å². The van der Waals surface area contributed by atoms with Gasteiger partial charge in [0.25, 0.3) is 0 Å². The summed E-state index contributed by atoms with van der Waals surface area (Å²) in [5.74, 6) is 1.41. The molecule has 0 aromatic rings. The van der Waals surface area contributed by atoms with Gasteiger partial charge in [-0.1, -0.05) is 12.2 Å². The Labute approximate surface area is 57.8 Å². The number of nitrogens with zero attached hydrogens (tertiary/aromatic N) is 1. The average Bonchev–Trinajstić information content (AvgIpc) is 2.22. The zero-order valence-corrected chi connectivity index (χ0v) is 5.88. The fourth-order valence-corrected chi connectivity index (χ4v) is 2.35. The first-order valence-corrected chi connectivity index (χ1v) is 3.73. The lowest BCUT2D eigenvalue weighted by molar-refractivity contribution is 0.262. The molecule has 1 saturated heterocycles. The molecule has 1 aliphatic carbocycles. The lowest BCUT2D eigenvalue weighted by atomic mass is 9.80. The fraction of sp³-hybridized carbons (Fsp3) is 1.00. The van der Waals surface area contributed by atoms with Crippen LogP contribution in [0, 0.1) is 5.92 Å². The molecule has 2 radical (unpaired) electrons. The van der Waals surface area contributed by atoms with Crippen LogP contribution in [0.15, 0.2) is 0 Å². The Bertz CT molecular complexity index is 114. The Morgan fingerprint density at radius 2 is 2.22 bits per heavy atom. The molecule has 9 heavy (non-hydrogen) atoms. The van der Waals surface area contributed by atoms with E-state index in [0.29, 0.717) is 5.82 Å². The number of rotatable bonds is 0. The number of hydrogen-bond acceptors (Lipinski definition) is 1. The molecule has 0 N–H and O–H groups in total. The highest BCUT2D eigenvalue weighted by Gasteiger charge is 2.39. The monoisotopic (exact) mass is 121 g/mol. The summed E-state index contributed by atoms with van der Waals surface area (Å²) in [6.45, 7) is 1.29. The molecule has 1 nitrogen and oxygen atoms in total. The van der Waals surface area contributed by atoms with E-state index < -0.39 is 0 Å². The molecule has 3 atom stereocenters. The topological polar surface area (TPSA) is 3.24 Å². The van der Waals surface area contributed by atoms with Crippen molar-refractivity contribution in [3.8, 4) is 0 Å². The Hall–Kier alpha value is 0.0249. The summed E-state index contributed by atoms with van der Waals surface area (Å²) >= 11 is 0. The van der Waals surface area contributed by atoms with Crippen molar-refractivity contribution in [1.29, 1.82) is 0 Å². The fourth-order valence-electron chi connectivity index (χ4n) is 2.35. The van der Waals surface area contributed by atoms with E-state index in [4.69, 9.17) is 7.85 Å². The van der Waals surface area contributed by atoms with E-state index >= 15 is 0 Å². The van der Waals surface area contributed by atoms with Crippen LogP contribution in [0.1, 0.15) is 12.8 Å². The summed E-state index contributed by atoms with van der Waals surface area (Å²) < 4.78 is 0. The van der Waals surface area contributed by atoms with Gasteiger partial charge in [0.1, 0.15) is 0 Å². The summed E-state index contributed by atoms with van der Waals surface area (Å²) in [6.07, 6.45) is 2.63. The molecule has 3 unspecified atom stereocenters. The van der Waals surface area contributed by atoms with Gasteiger partial charge in [0.2, 0.25) is 0 Å². The lowest BCUT2D eigenvalue weighted by Gasteiger charge is -2.27. The Morgan fingerprint density at radius 1 is 1.44 bits per heavy atom. The zero-order valence-electron chi connectivity index (χ0n) is 5.88. The van der Waals surface area contributed by atoms with Gasteiger partial charge in [0.05, 0.1) is 7.85 Å². The van der Waals surface area contributed by atoms with Crippen LogP contribution < -0.4 is 0 Å². The minimum Gasteiger partial charge on any atom is -0.304 e. The van der Waals surface area contributed by atoms with Crippen LogP contribution in [-0.2, 0) is 0 Å². The van der Waals surface area contributed by atoms with E-state index in [1.165, 1.54) is 19.4 Å². The SMILES string of the molecule is [B]C1CC2CC1N(C)C2. The van der Waals surface area contributed by atoms with Crippen LogP contribution in [0.5, 0.6) is 0 Å². The Morgan fingerprint density at radius 3 is 2.56 bits per heavy atom. The van der Waals surface area contributed by atoms with Crippen molar-refractivity contribution in [3.05, 3.63) is 0 Å². The third-order valence-electron chi connectivity index (χ3n) is 2.79.